The fourth-order valence-corrected chi connectivity index (χ4v) is 5.66. The molecule has 0 spiro atoms. The molecule has 3 aliphatic rings. The first-order chi connectivity index (χ1) is 10.7. The van der Waals surface area contributed by atoms with Gasteiger partial charge in [-0.15, -0.1) is 0 Å². The van der Waals surface area contributed by atoms with E-state index in [1.54, 1.807) is 6.92 Å². The smallest absolute Gasteiger partial charge is 0.347 e. The molecule has 0 aromatic heterocycles. The largest absolute Gasteiger partial charge is 0.457 e. The van der Waals surface area contributed by atoms with Gasteiger partial charge in [0.15, 0.2) is 6.10 Å². The Morgan fingerprint density at radius 2 is 1.91 bits per heavy atom. The number of hydrogen-bond donors (Lipinski definition) is 0. The molecule has 0 radical (unpaired) electrons. The quantitative estimate of drug-likeness (QED) is 0.541. The van der Waals surface area contributed by atoms with Crippen LogP contribution < -0.4 is 0 Å². The molecular formula is C15H22O7S. The van der Waals surface area contributed by atoms with Gasteiger partial charge in [0.25, 0.3) is 10.1 Å². The third kappa shape index (κ3) is 2.76. The average Bonchev–Trinajstić information content (AvgIpc) is 3.10. The molecule has 8 heteroatoms. The van der Waals surface area contributed by atoms with Crippen LogP contribution in [0.15, 0.2) is 0 Å². The molecule has 0 N–H and O–H groups in total. The fourth-order valence-electron chi connectivity index (χ4n) is 3.78. The van der Waals surface area contributed by atoms with Crippen LogP contribution in [0.1, 0.15) is 40.0 Å². The van der Waals surface area contributed by atoms with Gasteiger partial charge >= 0.3 is 11.9 Å². The zero-order chi connectivity index (χ0) is 16.9. The van der Waals surface area contributed by atoms with E-state index in [0.717, 1.165) is 0 Å². The summed E-state index contributed by atoms with van der Waals surface area (Å²) in [4.78, 5) is 23.9. The summed E-state index contributed by atoms with van der Waals surface area (Å²) in [5.74, 6) is -1.44. The van der Waals surface area contributed by atoms with Crippen molar-refractivity contribution in [3.05, 3.63) is 0 Å². The topological polar surface area (TPSA) is 96.0 Å². The molecule has 3 rings (SSSR count). The van der Waals surface area contributed by atoms with Gasteiger partial charge in [-0.1, -0.05) is 13.8 Å². The van der Waals surface area contributed by atoms with E-state index in [-0.39, 0.29) is 17.8 Å². The van der Waals surface area contributed by atoms with Crippen LogP contribution in [-0.2, 0) is 33.4 Å². The SMILES string of the molecule is CCC(C)C(=O)OC(C)C(=O)OC1C2CC3C1OS(=O)(=O)C3C2. The molecule has 0 aromatic rings. The molecule has 7 atom stereocenters. The van der Waals surface area contributed by atoms with Gasteiger partial charge in [-0.25, -0.2) is 4.79 Å². The summed E-state index contributed by atoms with van der Waals surface area (Å²) < 4.78 is 39.4. The second-order valence-corrected chi connectivity index (χ2v) is 8.56. The van der Waals surface area contributed by atoms with Gasteiger partial charge in [0.05, 0.1) is 11.2 Å². The van der Waals surface area contributed by atoms with Gasteiger partial charge in [0, 0.05) is 11.8 Å². The highest BCUT2D eigenvalue weighted by Crippen LogP contribution is 2.55. The first kappa shape index (κ1) is 16.7. The molecule has 7 unspecified atom stereocenters. The molecule has 7 nitrogen and oxygen atoms in total. The monoisotopic (exact) mass is 346 g/mol. The highest BCUT2D eigenvalue weighted by Gasteiger charge is 2.65. The number of ether oxygens (including phenoxy) is 2. The van der Waals surface area contributed by atoms with E-state index in [9.17, 15) is 18.0 Å². The number of hydrogen-bond acceptors (Lipinski definition) is 7. The molecule has 1 heterocycles. The first-order valence-corrected chi connectivity index (χ1v) is 9.54. The lowest BCUT2D eigenvalue weighted by Crippen LogP contribution is -2.40. The zero-order valence-corrected chi connectivity index (χ0v) is 14.2. The van der Waals surface area contributed by atoms with Gasteiger partial charge in [-0.05, 0) is 26.2 Å². The molecular weight excluding hydrogens is 324 g/mol. The lowest BCUT2D eigenvalue weighted by atomic mass is 9.94. The minimum absolute atomic E-state index is 0.00805. The van der Waals surface area contributed by atoms with Crippen molar-refractivity contribution in [2.75, 3.05) is 0 Å². The van der Waals surface area contributed by atoms with E-state index < -0.39 is 45.6 Å². The van der Waals surface area contributed by atoms with Crippen LogP contribution in [0.4, 0.5) is 0 Å². The maximum atomic E-state index is 12.2. The zero-order valence-electron chi connectivity index (χ0n) is 13.4. The average molecular weight is 346 g/mol. The molecule has 2 bridgehead atoms. The van der Waals surface area contributed by atoms with Gasteiger partial charge in [-0.3, -0.25) is 8.98 Å². The Morgan fingerprint density at radius 1 is 1.22 bits per heavy atom. The lowest BCUT2D eigenvalue weighted by Gasteiger charge is -2.26. The fraction of sp³-hybridized carbons (Fsp3) is 0.867. The first-order valence-electron chi connectivity index (χ1n) is 8.07. The summed E-state index contributed by atoms with van der Waals surface area (Å²) in [5, 5.41) is -0.451. The second kappa shape index (κ2) is 5.73. The number of carbonyl (C=O) groups is 2. The van der Waals surface area contributed by atoms with Crippen LogP contribution in [0.3, 0.4) is 0 Å². The summed E-state index contributed by atoms with van der Waals surface area (Å²) in [5.41, 5.74) is 0. The van der Waals surface area contributed by atoms with Crippen molar-refractivity contribution in [1.82, 2.24) is 0 Å². The number of fused-ring (bicyclic) bond motifs is 1. The highest BCUT2D eigenvalue weighted by atomic mass is 32.2. The van der Waals surface area contributed by atoms with Crippen LogP contribution >= 0.6 is 0 Å². The summed E-state index contributed by atoms with van der Waals surface area (Å²) in [6.07, 6.45) is -0.349. The van der Waals surface area contributed by atoms with Crippen molar-refractivity contribution < 1.29 is 31.7 Å². The Kier molecular flexibility index (Phi) is 4.16. The summed E-state index contributed by atoms with van der Waals surface area (Å²) in [6, 6.07) is 0. The molecule has 1 aliphatic heterocycles. The van der Waals surface area contributed by atoms with Crippen LogP contribution in [0, 0.1) is 17.8 Å². The molecule has 3 fully saturated rings. The third-order valence-electron chi connectivity index (χ3n) is 5.31. The maximum absolute atomic E-state index is 12.2. The van der Waals surface area contributed by atoms with Crippen molar-refractivity contribution in [2.24, 2.45) is 17.8 Å². The van der Waals surface area contributed by atoms with Crippen molar-refractivity contribution in [3.8, 4) is 0 Å². The Labute approximate surface area is 135 Å². The van der Waals surface area contributed by atoms with Crippen molar-refractivity contribution in [1.29, 1.82) is 0 Å². The van der Waals surface area contributed by atoms with E-state index in [0.29, 0.717) is 19.3 Å². The van der Waals surface area contributed by atoms with Crippen molar-refractivity contribution in [2.45, 2.75) is 63.6 Å². The van der Waals surface area contributed by atoms with Gasteiger partial charge in [0.2, 0.25) is 0 Å². The summed E-state index contributed by atoms with van der Waals surface area (Å²) >= 11 is 0. The van der Waals surface area contributed by atoms with Gasteiger partial charge in [-0.2, -0.15) is 8.42 Å². The maximum Gasteiger partial charge on any atom is 0.347 e. The Balaban J connectivity index is 1.60. The minimum Gasteiger partial charge on any atom is -0.457 e. The Morgan fingerprint density at radius 3 is 2.57 bits per heavy atom. The third-order valence-corrected chi connectivity index (χ3v) is 7.08. The molecule has 130 valence electrons. The molecule has 0 amide bonds. The van der Waals surface area contributed by atoms with Crippen molar-refractivity contribution >= 4 is 22.1 Å². The predicted octanol–water partition coefficient (Wildman–Crippen LogP) is 1.01. The molecule has 0 aromatic carbocycles. The molecule has 23 heavy (non-hydrogen) atoms. The molecule has 1 saturated heterocycles. The Hall–Kier alpha value is -1.15. The van der Waals surface area contributed by atoms with E-state index >= 15 is 0 Å². The van der Waals surface area contributed by atoms with E-state index in [2.05, 4.69) is 0 Å². The van der Waals surface area contributed by atoms with E-state index in [1.807, 2.05) is 6.92 Å². The molecule has 2 aliphatic carbocycles. The van der Waals surface area contributed by atoms with Crippen molar-refractivity contribution in [3.63, 3.8) is 0 Å². The minimum atomic E-state index is -3.53. The predicted molar refractivity (Wildman–Crippen MR) is 78.7 cm³/mol. The standard InChI is InChI=1S/C15H22O7S/c1-4-7(2)14(16)20-8(3)15(17)21-12-9-5-10-11(6-9)23(18,19)22-13(10)12/h7-13H,4-6H2,1-3H3. The van der Waals surface area contributed by atoms with E-state index in [4.69, 9.17) is 13.7 Å². The molecule has 2 saturated carbocycles. The van der Waals surface area contributed by atoms with Crippen LogP contribution in [0.5, 0.6) is 0 Å². The number of rotatable bonds is 5. The summed E-state index contributed by atoms with van der Waals surface area (Å²) in [7, 11) is -3.53. The van der Waals surface area contributed by atoms with Crippen LogP contribution in [-0.4, -0.2) is 43.9 Å². The Bertz CT molecular complexity index is 613. The van der Waals surface area contributed by atoms with Gasteiger partial charge < -0.3 is 9.47 Å². The van der Waals surface area contributed by atoms with Gasteiger partial charge in [0.1, 0.15) is 12.2 Å². The summed E-state index contributed by atoms with van der Waals surface area (Å²) in [6.45, 7) is 5.05. The van der Waals surface area contributed by atoms with Crippen LogP contribution in [0.25, 0.3) is 0 Å². The van der Waals surface area contributed by atoms with Crippen LogP contribution in [0.2, 0.25) is 0 Å². The number of esters is 2. The number of carbonyl (C=O) groups excluding carboxylic acids is 2. The second-order valence-electron chi connectivity index (χ2n) is 6.78. The van der Waals surface area contributed by atoms with E-state index in [1.165, 1.54) is 6.92 Å². The highest BCUT2D eigenvalue weighted by molar-refractivity contribution is 7.87. The lowest BCUT2D eigenvalue weighted by molar-refractivity contribution is -0.176. The normalized spacial score (nSPS) is 39.0.